The highest BCUT2D eigenvalue weighted by Crippen LogP contribution is 2.35. The average Bonchev–Trinajstić information content (AvgIpc) is 2.33. The standard InChI is InChI=1S/C12H10Cl2INOS/c13-8-6-9(15)12(17-4-1-5-18)11-7(8)2-3-10(14)16-11/h2-3,6,18H,1,4-5H2. The number of nitrogens with zero attached hydrogens (tertiary/aromatic N) is 1. The number of hydrogen-bond donors (Lipinski definition) is 1. The summed E-state index contributed by atoms with van der Waals surface area (Å²) in [5, 5.41) is 1.93. The van der Waals surface area contributed by atoms with Crippen molar-refractivity contribution in [3.63, 3.8) is 0 Å². The van der Waals surface area contributed by atoms with Crippen LogP contribution in [0, 0.1) is 3.57 Å². The molecule has 2 nitrogen and oxygen atoms in total. The lowest BCUT2D eigenvalue weighted by Crippen LogP contribution is -2.01. The predicted molar refractivity (Wildman–Crippen MR) is 88.4 cm³/mol. The Bertz CT molecular complexity index is 579. The van der Waals surface area contributed by atoms with Crippen molar-refractivity contribution in [2.24, 2.45) is 0 Å². The molecule has 0 aliphatic carbocycles. The van der Waals surface area contributed by atoms with Crippen molar-refractivity contribution < 1.29 is 4.74 Å². The number of pyridine rings is 1. The third-order valence-electron chi connectivity index (χ3n) is 2.35. The molecule has 0 radical (unpaired) electrons. The summed E-state index contributed by atoms with van der Waals surface area (Å²) in [4.78, 5) is 4.31. The fourth-order valence-corrected chi connectivity index (χ4v) is 2.99. The minimum absolute atomic E-state index is 0.430. The number of hydrogen-bond acceptors (Lipinski definition) is 3. The number of benzene rings is 1. The maximum atomic E-state index is 6.19. The van der Waals surface area contributed by atoms with E-state index in [9.17, 15) is 0 Å². The average molecular weight is 414 g/mol. The van der Waals surface area contributed by atoms with Gasteiger partial charge in [-0.3, -0.25) is 0 Å². The fourth-order valence-electron chi connectivity index (χ4n) is 1.54. The number of halogens is 3. The van der Waals surface area contributed by atoms with Crippen molar-refractivity contribution in [2.75, 3.05) is 12.4 Å². The molecule has 2 rings (SSSR count). The molecule has 0 bridgehead atoms. The lowest BCUT2D eigenvalue weighted by molar-refractivity contribution is 0.320. The maximum Gasteiger partial charge on any atom is 0.158 e. The molecule has 1 heterocycles. The summed E-state index contributed by atoms with van der Waals surface area (Å²) in [6, 6.07) is 5.45. The quantitative estimate of drug-likeness (QED) is 0.335. The smallest absolute Gasteiger partial charge is 0.158 e. The molecule has 0 aliphatic heterocycles. The van der Waals surface area contributed by atoms with Crippen LogP contribution < -0.4 is 4.74 Å². The number of ether oxygens (including phenoxy) is 1. The van der Waals surface area contributed by atoms with Gasteiger partial charge in [0.2, 0.25) is 0 Å². The molecular formula is C12H10Cl2INOS. The SMILES string of the molecule is SCCCOc1c(I)cc(Cl)c2ccc(Cl)nc12. The molecule has 1 aromatic heterocycles. The Morgan fingerprint density at radius 1 is 1.33 bits per heavy atom. The zero-order valence-electron chi connectivity index (χ0n) is 9.29. The molecular weight excluding hydrogens is 404 g/mol. The van der Waals surface area contributed by atoms with Gasteiger partial charge in [-0.1, -0.05) is 23.2 Å². The monoisotopic (exact) mass is 413 g/mol. The van der Waals surface area contributed by atoms with Gasteiger partial charge in [-0.2, -0.15) is 12.6 Å². The van der Waals surface area contributed by atoms with E-state index in [-0.39, 0.29) is 0 Å². The number of rotatable bonds is 4. The molecule has 0 fully saturated rings. The van der Waals surface area contributed by atoms with E-state index in [2.05, 4.69) is 40.2 Å². The Balaban J connectivity index is 2.52. The molecule has 96 valence electrons. The Hall–Kier alpha value is 0.0900. The molecule has 0 aliphatic rings. The molecule has 18 heavy (non-hydrogen) atoms. The van der Waals surface area contributed by atoms with Gasteiger partial charge in [-0.15, -0.1) is 0 Å². The highest BCUT2D eigenvalue weighted by atomic mass is 127. The lowest BCUT2D eigenvalue weighted by Gasteiger charge is -2.11. The van der Waals surface area contributed by atoms with Crippen LogP contribution in [0.4, 0.5) is 0 Å². The van der Waals surface area contributed by atoms with Crippen molar-refractivity contribution in [1.29, 1.82) is 0 Å². The summed E-state index contributed by atoms with van der Waals surface area (Å²) in [7, 11) is 0. The van der Waals surface area contributed by atoms with E-state index >= 15 is 0 Å². The Morgan fingerprint density at radius 2 is 2.11 bits per heavy atom. The molecule has 0 saturated heterocycles. The molecule has 0 spiro atoms. The number of thiol groups is 1. The van der Waals surface area contributed by atoms with Crippen LogP contribution in [0.25, 0.3) is 10.9 Å². The Morgan fingerprint density at radius 3 is 2.83 bits per heavy atom. The topological polar surface area (TPSA) is 22.1 Å². The van der Waals surface area contributed by atoms with E-state index in [4.69, 9.17) is 27.9 Å². The first kappa shape index (κ1) is 14.5. The third kappa shape index (κ3) is 3.15. The molecule has 2 aromatic rings. The van der Waals surface area contributed by atoms with Crippen LogP contribution in [0.2, 0.25) is 10.2 Å². The van der Waals surface area contributed by atoms with Gasteiger partial charge in [-0.05, 0) is 53.0 Å². The van der Waals surface area contributed by atoms with Crippen molar-refractivity contribution in [1.82, 2.24) is 4.98 Å². The summed E-state index contributed by atoms with van der Waals surface area (Å²) in [5.41, 5.74) is 0.707. The van der Waals surface area contributed by atoms with Gasteiger partial charge >= 0.3 is 0 Å². The van der Waals surface area contributed by atoms with Gasteiger partial charge in [0.1, 0.15) is 10.7 Å². The van der Waals surface area contributed by atoms with Gasteiger partial charge < -0.3 is 4.74 Å². The van der Waals surface area contributed by atoms with E-state index in [1.54, 1.807) is 6.07 Å². The lowest BCUT2D eigenvalue weighted by atomic mass is 10.2. The van der Waals surface area contributed by atoms with Gasteiger partial charge in [0.25, 0.3) is 0 Å². The van der Waals surface area contributed by atoms with E-state index in [1.165, 1.54) is 0 Å². The minimum Gasteiger partial charge on any atom is -0.490 e. The van der Waals surface area contributed by atoms with Crippen molar-refractivity contribution in [3.8, 4) is 5.75 Å². The highest BCUT2D eigenvalue weighted by Gasteiger charge is 2.12. The van der Waals surface area contributed by atoms with Crippen LogP contribution in [-0.4, -0.2) is 17.3 Å². The molecule has 0 saturated carbocycles. The highest BCUT2D eigenvalue weighted by molar-refractivity contribution is 14.1. The van der Waals surface area contributed by atoms with Crippen molar-refractivity contribution >= 4 is 69.3 Å². The van der Waals surface area contributed by atoms with E-state index in [1.807, 2.05) is 12.1 Å². The van der Waals surface area contributed by atoms with Gasteiger partial charge in [0.15, 0.2) is 5.75 Å². The van der Waals surface area contributed by atoms with Gasteiger partial charge in [-0.25, -0.2) is 4.98 Å². The predicted octanol–water partition coefficient (Wildman–Crippen LogP) is 4.84. The summed E-state index contributed by atoms with van der Waals surface area (Å²) >= 11 is 18.5. The van der Waals surface area contributed by atoms with Gasteiger partial charge in [0, 0.05) is 5.39 Å². The first-order valence-corrected chi connectivity index (χ1v) is 7.78. The summed E-state index contributed by atoms with van der Waals surface area (Å²) in [6.07, 6.45) is 0.879. The third-order valence-corrected chi connectivity index (χ3v) is 3.99. The van der Waals surface area contributed by atoms with Crippen LogP contribution >= 0.6 is 58.4 Å². The Labute approximate surface area is 135 Å². The Kier molecular flexibility index (Phi) is 5.24. The first-order valence-electron chi connectivity index (χ1n) is 5.31. The van der Waals surface area contributed by atoms with Crippen LogP contribution in [0.15, 0.2) is 18.2 Å². The summed E-state index contributed by atoms with van der Waals surface area (Å²) < 4.78 is 6.69. The molecule has 0 N–H and O–H groups in total. The second-order valence-electron chi connectivity index (χ2n) is 3.63. The van der Waals surface area contributed by atoms with Gasteiger partial charge in [0.05, 0.1) is 15.2 Å². The van der Waals surface area contributed by atoms with Crippen LogP contribution in [0.5, 0.6) is 5.75 Å². The molecule has 0 amide bonds. The summed E-state index contributed by atoms with van der Waals surface area (Å²) in [5.74, 6) is 1.52. The zero-order valence-corrected chi connectivity index (χ0v) is 13.9. The maximum absolute atomic E-state index is 6.19. The second kappa shape index (κ2) is 6.50. The zero-order chi connectivity index (χ0) is 13.1. The van der Waals surface area contributed by atoms with Crippen LogP contribution in [0.3, 0.4) is 0 Å². The van der Waals surface area contributed by atoms with E-state index in [0.717, 1.165) is 26.9 Å². The summed E-state index contributed by atoms with van der Waals surface area (Å²) in [6.45, 7) is 0.602. The fraction of sp³-hybridized carbons (Fsp3) is 0.250. The molecule has 0 unspecified atom stereocenters. The van der Waals surface area contributed by atoms with E-state index in [0.29, 0.717) is 22.3 Å². The van der Waals surface area contributed by atoms with Crippen LogP contribution in [0.1, 0.15) is 6.42 Å². The second-order valence-corrected chi connectivity index (χ2v) is 6.03. The molecule has 1 aromatic carbocycles. The van der Waals surface area contributed by atoms with Crippen LogP contribution in [-0.2, 0) is 0 Å². The molecule has 6 heteroatoms. The minimum atomic E-state index is 0.430. The largest absolute Gasteiger partial charge is 0.490 e. The number of fused-ring (bicyclic) bond motifs is 1. The first-order chi connectivity index (χ1) is 8.63. The normalized spacial score (nSPS) is 10.9. The van der Waals surface area contributed by atoms with Crippen molar-refractivity contribution in [3.05, 3.63) is 31.9 Å². The number of aromatic nitrogens is 1. The molecule has 0 atom stereocenters. The van der Waals surface area contributed by atoms with Crippen molar-refractivity contribution in [2.45, 2.75) is 6.42 Å². The van der Waals surface area contributed by atoms with E-state index < -0.39 is 0 Å².